The molecule has 0 spiro atoms. The van der Waals surface area contributed by atoms with E-state index in [9.17, 15) is 4.79 Å². The lowest BCUT2D eigenvalue weighted by Gasteiger charge is -2.22. The predicted octanol–water partition coefficient (Wildman–Crippen LogP) is 2.42. The molecule has 0 radical (unpaired) electrons. The number of carbonyl (C=O) groups excluding carboxylic acids is 1. The third-order valence-corrected chi connectivity index (χ3v) is 2.40. The number of furan rings is 1. The summed E-state index contributed by atoms with van der Waals surface area (Å²) in [7, 11) is 1.64. The summed E-state index contributed by atoms with van der Waals surface area (Å²) < 4.78 is 10.2. The lowest BCUT2D eigenvalue weighted by atomic mass is 10.2. The molecule has 4 nitrogen and oxygen atoms in total. The van der Waals surface area contributed by atoms with E-state index < -0.39 is 0 Å². The summed E-state index contributed by atoms with van der Waals surface area (Å²) in [5, 5.41) is 0. The lowest BCUT2D eigenvalue weighted by molar-refractivity contribution is -0.127. The number of amides is 1. The molecule has 0 aromatic carbocycles. The number of hydrogen-bond acceptors (Lipinski definition) is 3. The van der Waals surface area contributed by atoms with Crippen molar-refractivity contribution in [3.05, 3.63) is 30.2 Å². The van der Waals surface area contributed by atoms with Gasteiger partial charge in [-0.05, 0) is 24.1 Å². The quantitative estimate of drug-likeness (QED) is 0.699. The van der Waals surface area contributed by atoms with Gasteiger partial charge < -0.3 is 14.1 Å². The Morgan fingerprint density at radius 1 is 1.56 bits per heavy atom. The molecule has 4 heteroatoms. The molecule has 1 aromatic heterocycles. The summed E-state index contributed by atoms with van der Waals surface area (Å²) in [6.07, 6.45) is 4.81. The summed E-state index contributed by atoms with van der Waals surface area (Å²) in [5.74, 6) is 1.10. The molecular formula is C14H21NO3. The summed E-state index contributed by atoms with van der Waals surface area (Å²) in [6.45, 7) is 6.06. The number of nitrogens with zero attached hydrogens (tertiary/aromatic N) is 1. The molecule has 0 N–H and O–H groups in total. The van der Waals surface area contributed by atoms with Crippen LogP contribution >= 0.6 is 0 Å². The van der Waals surface area contributed by atoms with E-state index in [0.717, 1.165) is 6.54 Å². The van der Waals surface area contributed by atoms with E-state index in [0.29, 0.717) is 24.8 Å². The Balaban J connectivity index is 2.57. The highest BCUT2D eigenvalue weighted by atomic mass is 16.5. The summed E-state index contributed by atoms with van der Waals surface area (Å²) in [5.41, 5.74) is 0. The molecule has 0 fully saturated rings. The zero-order chi connectivity index (χ0) is 13.4. The molecule has 1 amide bonds. The summed E-state index contributed by atoms with van der Waals surface area (Å²) >= 11 is 0. The highest BCUT2D eigenvalue weighted by Crippen LogP contribution is 2.05. The number of methoxy groups -OCH3 is 1. The maximum absolute atomic E-state index is 12.0. The Labute approximate surface area is 108 Å². The van der Waals surface area contributed by atoms with Gasteiger partial charge in [0.2, 0.25) is 5.91 Å². The van der Waals surface area contributed by atoms with Crippen molar-refractivity contribution < 1.29 is 13.9 Å². The molecule has 0 saturated heterocycles. The number of hydrogen-bond donors (Lipinski definition) is 0. The van der Waals surface area contributed by atoms with Crippen molar-refractivity contribution in [2.45, 2.75) is 13.8 Å². The molecular weight excluding hydrogens is 230 g/mol. The second-order valence-corrected chi connectivity index (χ2v) is 4.52. The average Bonchev–Trinajstić information content (AvgIpc) is 2.84. The van der Waals surface area contributed by atoms with Crippen LogP contribution in [-0.2, 0) is 9.53 Å². The molecule has 0 unspecified atom stereocenters. The van der Waals surface area contributed by atoms with Crippen molar-refractivity contribution in [2.75, 3.05) is 26.8 Å². The van der Waals surface area contributed by atoms with E-state index in [1.807, 2.05) is 6.07 Å². The van der Waals surface area contributed by atoms with E-state index in [2.05, 4.69) is 13.8 Å². The van der Waals surface area contributed by atoms with Crippen molar-refractivity contribution in [1.29, 1.82) is 0 Å². The fourth-order valence-corrected chi connectivity index (χ4v) is 1.58. The van der Waals surface area contributed by atoms with Crippen LogP contribution in [0.15, 0.2) is 28.9 Å². The molecule has 0 aliphatic carbocycles. The van der Waals surface area contributed by atoms with Gasteiger partial charge in [-0.15, -0.1) is 0 Å². The first-order valence-electron chi connectivity index (χ1n) is 6.13. The van der Waals surface area contributed by atoms with Crippen LogP contribution in [0, 0.1) is 5.92 Å². The number of rotatable bonds is 7. The van der Waals surface area contributed by atoms with Crippen molar-refractivity contribution >= 4 is 12.0 Å². The predicted molar refractivity (Wildman–Crippen MR) is 71.0 cm³/mol. The SMILES string of the molecule is COCCN(CC(C)C)C(=O)/C=C/c1ccco1. The van der Waals surface area contributed by atoms with Crippen LogP contribution in [0.25, 0.3) is 6.08 Å². The van der Waals surface area contributed by atoms with Crippen LogP contribution in [0.5, 0.6) is 0 Å². The third-order valence-electron chi connectivity index (χ3n) is 2.40. The fourth-order valence-electron chi connectivity index (χ4n) is 1.58. The second-order valence-electron chi connectivity index (χ2n) is 4.52. The first-order valence-corrected chi connectivity index (χ1v) is 6.13. The smallest absolute Gasteiger partial charge is 0.246 e. The normalized spacial score (nSPS) is 11.3. The highest BCUT2D eigenvalue weighted by molar-refractivity contribution is 5.91. The molecule has 0 atom stereocenters. The second kappa shape index (κ2) is 7.71. The van der Waals surface area contributed by atoms with Crippen LogP contribution in [0.3, 0.4) is 0 Å². The Hall–Kier alpha value is -1.55. The van der Waals surface area contributed by atoms with Gasteiger partial charge in [-0.3, -0.25) is 4.79 Å². The Morgan fingerprint density at radius 3 is 2.89 bits per heavy atom. The molecule has 18 heavy (non-hydrogen) atoms. The Morgan fingerprint density at radius 2 is 2.33 bits per heavy atom. The van der Waals surface area contributed by atoms with Crippen LogP contribution in [0.1, 0.15) is 19.6 Å². The van der Waals surface area contributed by atoms with E-state index in [1.54, 1.807) is 30.4 Å². The van der Waals surface area contributed by atoms with Crippen LogP contribution < -0.4 is 0 Å². The topological polar surface area (TPSA) is 42.7 Å². The standard InChI is InChI=1S/C14H21NO3/c1-12(2)11-15(8-10-17-3)14(16)7-6-13-5-4-9-18-13/h4-7,9,12H,8,10-11H2,1-3H3/b7-6+. The summed E-state index contributed by atoms with van der Waals surface area (Å²) in [4.78, 5) is 13.8. The van der Waals surface area contributed by atoms with E-state index in [-0.39, 0.29) is 5.91 Å². The average molecular weight is 251 g/mol. The summed E-state index contributed by atoms with van der Waals surface area (Å²) in [6, 6.07) is 3.60. The number of carbonyl (C=O) groups is 1. The highest BCUT2D eigenvalue weighted by Gasteiger charge is 2.11. The van der Waals surface area contributed by atoms with Gasteiger partial charge in [0.1, 0.15) is 5.76 Å². The van der Waals surface area contributed by atoms with Crippen molar-refractivity contribution in [1.82, 2.24) is 4.90 Å². The largest absolute Gasteiger partial charge is 0.465 e. The Kier molecular flexibility index (Phi) is 6.22. The molecule has 1 aromatic rings. The fraction of sp³-hybridized carbons (Fsp3) is 0.500. The zero-order valence-electron chi connectivity index (χ0n) is 11.3. The van der Waals surface area contributed by atoms with Crippen LogP contribution in [0.4, 0.5) is 0 Å². The van der Waals surface area contributed by atoms with E-state index >= 15 is 0 Å². The van der Waals surface area contributed by atoms with Crippen molar-refractivity contribution in [3.63, 3.8) is 0 Å². The van der Waals surface area contributed by atoms with Gasteiger partial charge in [0.25, 0.3) is 0 Å². The van der Waals surface area contributed by atoms with Gasteiger partial charge in [-0.1, -0.05) is 13.8 Å². The van der Waals surface area contributed by atoms with Crippen molar-refractivity contribution in [2.24, 2.45) is 5.92 Å². The van der Waals surface area contributed by atoms with E-state index in [4.69, 9.17) is 9.15 Å². The monoisotopic (exact) mass is 251 g/mol. The molecule has 0 aliphatic rings. The van der Waals surface area contributed by atoms with Gasteiger partial charge in [-0.2, -0.15) is 0 Å². The zero-order valence-corrected chi connectivity index (χ0v) is 11.3. The minimum absolute atomic E-state index is 0.0165. The molecule has 1 rings (SSSR count). The van der Waals surface area contributed by atoms with Gasteiger partial charge in [0.05, 0.1) is 12.9 Å². The first-order chi connectivity index (χ1) is 8.63. The van der Waals surface area contributed by atoms with E-state index in [1.165, 1.54) is 6.08 Å². The molecule has 1 heterocycles. The minimum Gasteiger partial charge on any atom is -0.465 e. The van der Waals surface area contributed by atoms with Gasteiger partial charge >= 0.3 is 0 Å². The number of ether oxygens (including phenoxy) is 1. The maximum atomic E-state index is 12.0. The Bertz CT molecular complexity index is 368. The maximum Gasteiger partial charge on any atom is 0.246 e. The van der Waals surface area contributed by atoms with Gasteiger partial charge in [-0.25, -0.2) is 0 Å². The third kappa shape index (κ3) is 5.19. The van der Waals surface area contributed by atoms with Crippen LogP contribution in [-0.4, -0.2) is 37.6 Å². The lowest BCUT2D eigenvalue weighted by Crippen LogP contribution is -2.35. The van der Waals surface area contributed by atoms with Crippen molar-refractivity contribution in [3.8, 4) is 0 Å². The van der Waals surface area contributed by atoms with Gasteiger partial charge in [0, 0.05) is 26.3 Å². The first kappa shape index (κ1) is 14.5. The molecule has 0 aliphatic heterocycles. The molecule has 0 saturated carbocycles. The molecule has 100 valence electrons. The minimum atomic E-state index is -0.0165. The molecule has 0 bridgehead atoms. The van der Waals surface area contributed by atoms with Crippen LogP contribution in [0.2, 0.25) is 0 Å². The van der Waals surface area contributed by atoms with Gasteiger partial charge in [0.15, 0.2) is 0 Å².